The third kappa shape index (κ3) is 3.02. The molecule has 0 bridgehead atoms. The molecule has 1 atom stereocenters. The minimum Gasteiger partial charge on any atom is -0.420 e. The van der Waals surface area contributed by atoms with Crippen molar-refractivity contribution >= 4 is 0 Å². The van der Waals surface area contributed by atoms with E-state index in [0.29, 0.717) is 11.5 Å². The van der Waals surface area contributed by atoms with Gasteiger partial charge < -0.3 is 4.42 Å². The van der Waals surface area contributed by atoms with Gasteiger partial charge in [-0.2, -0.15) is 0 Å². The van der Waals surface area contributed by atoms with Gasteiger partial charge in [-0.1, -0.05) is 31.4 Å². The van der Waals surface area contributed by atoms with Crippen molar-refractivity contribution in [1.29, 1.82) is 0 Å². The van der Waals surface area contributed by atoms with Crippen LogP contribution in [0.15, 0.2) is 28.7 Å². The first-order chi connectivity index (χ1) is 11.3. The summed E-state index contributed by atoms with van der Waals surface area (Å²) in [6, 6.07) is 7.26. The highest BCUT2D eigenvalue weighted by Gasteiger charge is 2.32. The second kappa shape index (κ2) is 6.40. The molecule has 2 fully saturated rings. The molecule has 1 aliphatic carbocycles. The molecular weight excluding hydrogens is 293 g/mol. The Kier molecular flexibility index (Phi) is 4.12. The summed E-state index contributed by atoms with van der Waals surface area (Å²) in [5.74, 6) is 0.902. The maximum absolute atomic E-state index is 13.8. The highest BCUT2D eigenvalue weighted by atomic mass is 19.1. The lowest BCUT2D eigenvalue weighted by Crippen LogP contribution is -2.34. The van der Waals surface area contributed by atoms with Crippen LogP contribution in [0.3, 0.4) is 0 Å². The molecule has 122 valence electrons. The summed E-state index contributed by atoms with van der Waals surface area (Å²) in [7, 11) is 0. The normalized spacial score (nSPS) is 23.4. The van der Waals surface area contributed by atoms with Crippen LogP contribution < -0.4 is 0 Å². The summed E-state index contributed by atoms with van der Waals surface area (Å²) in [6.07, 6.45) is 7.76. The maximum atomic E-state index is 13.8. The van der Waals surface area contributed by atoms with E-state index >= 15 is 0 Å². The van der Waals surface area contributed by atoms with E-state index in [4.69, 9.17) is 4.42 Å². The van der Waals surface area contributed by atoms with Crippen LogP contribution in [0.4, 0.5) is 4.39 Å². The molecule has 2 heterocycles. The topological polar surface area (TPSA) is 42.2 Å². The third-order valence-electron chi connectivity index (χ3n) is 5.20. The minimum atomic E-state index is -0.321. The Bertz CT molecular complexity index is 666. The van der Waals surface area contributed by atoms with E-state index in [1.54, 1.807) is 18.2 Å². The zero-order valence-electron chi connectivity index (χ0n) is 13.2. The van der Waals surface area contributed by atoms with E-state index in [1.807, 2.05) is 0 Å². The van der Waals surface area contributed by atoms with Crippen molar-refractivity contribution < 1.29 is 8.81 Å². The highest BCUT2D eigenvalue weighted by molar-refractivity contribution is 5.53. The Morgan fingerprint density at radius 2 is 1.87 bits per heavy atom. The molecule has 4 rings (SSSR count). The maximum Gasteiger partial charge on any atom is 0.250 e. The van der Waals surface area contributed by atoms with E-state index in [0.717, 1.165) is 25.6 Å². The quantitative estimate of drug-likeness (QED) is 0.858. The van der Waals surface area contributed by atoms with Gasteiger partial charge in [-0.25, -0.2) is 4.39 Å². The predicted octanol–water partition coefficient (Wildman–Crippen LogP) is 4.00. The number of aromatic nitrogens is 2. The fourth-order valence-corrected chi connectivity index (χ4v) is 3.91. The van der Waals surface area contributed by atoms with Crippen LogP contribution in [-0.4, -0.2) is 34.2 Å². The predicted molar refractivity (Wildman–Crippen MR) is 85.5 cm³/mol. The SMILES string of the molecule is Fc1ccccc1-c1nnc([C@H]2CCN(C3CCCCC3)C2)o1. The number of hydrogen-bond acceptors (Lipinski definition) is 4. The van der Waals surface area contributed by atoms with Crippen LogP contribution in [0, 0.1) is 5.82 Å². The largest absolute Gasteiger partial charge is 0.420 e. The van der Waals surface area contributed by atoms with Gasteiger partial charge in [0.15, 0.2) is 0 Å². The van der Waals surface area contributed by atoms with Gasteiger partial charge in [0.25, 0.3) is 5.89 Å². The number of benzene rings is 1. The van der Waals surface area contributed by atoms with Crippen LogP contribution in [0.1, 0.15) is 50.3 Å². The van der Waals surface area contributed by atoms with E-state index in [-0.39, 0.29) is 17.6 Å². The van der Waals surface area contributed by atoms with Gasteiger partial charge in [-0.3, -0.25) is 4.90 Å². The lowest BCUT2D eigenvalue weighted by atomic mass is 9.94. The zero-order valence-corrected chi connectivity index (χ0v) is 13.2. The van der Waals surface area contributed by atoms with Crippen LogP contribution >= 0.6 is 0 Å². The number of likely N-dealkylation sites (tertiary alicyclic amines) is 1. The second-order valence-corrected chi connectivity index (χ2v) is 6.70. The summed E-state index contributed by atoms with van der Waals surface area (Å²) in [5.41, 5.74) is 0.383. The van der Waals surface area contributed by atoms with Gasteiger partial charge in [0.1, 0.15) is 5.82 Å². The van der Waals surface area contributed by atoms with Crippen LogP contribution in [0.25, 0.3) is 11.5 Å². The molecule has 0 N–H and O–H groups in total. The van der Waals surface area contributed by atoms with Crippen molar-refractivity contribution in [1.82, 2.24) is 15.1 Å². The Morgan fingerprint density at radius 3 is 2.70 bits per heavy atom. The molecule has 0 spiro atoms. The Hall–Kier alpha value is -1.75. The van der Waals surface area contributed by atoms with Gasteiger partial charge >= 0.3 is 0 Å². The highest BCUT2D eigenvalue weighted by Crippen LogP contribution is 2.33. The molecule has 2 aliphatic rings. The molecule has 0 amide bonds. The molecule has 23 heavy (non-hydrogen) atoms. The molecule has 0 unspecified atom stereocenters. The molecule has 1 aliphatic heterocycles. The zero-order chi connectivity index (χ0) is 15.6. The lowest BCUT2D eigenvalue weighted by Gasteiger charge is -2.30. The standard InChI is InChI=1S/C18H22FN3O/c19-16-9-5-4-8-15(16)18-21-20-17(23-18)13-10-11-22(12-13)14-6-2-1-3-7-14/h4-5,8-9,13-14H,1-3,6-7,10-12H2/t13-/m0/s1. The number of halogens is 1. The monoisotopic (exact) mass is 315 g/mol. The van der Waals surface area contributed by atoms with Crippen molar-refractivity contribution in [2.45, 2.75) is 50.5 Å². The van der Waals surface area contributed by atoms with Gasteiger partial charge in [-0.05, 0) is 37.9 Å². The van der Waals surface area contributed by atoms with Gasteiger partial charge in [0.2, 0.25) is 5.89 Å². The first-order valence-electron chi connectivity index (χ1n) is 8.63. The average molecular weight is 315 g/mol. The van der Waals surface area contributed by atoms with E-state index in [9.17, 15) is 4.39 Å². The molecule has 1 aromatic carbocycles. The smallest absolute Gasteiger partial charge is 0.250 e. The van der Waals surface area contributed by atoms with Crippen LogP contribution in [0.2, 0.25) is 0 Å². The van der Waals surface area contributed by atoms with Gasteiger partial charge in [0.05, 0.1) is 11.5 Å². The van der Waals surface area contributed by atoms with Gasteiger partial charge in [-0.15, -0.1) is 10.2 Å². The summed E-state index contributed by atoms with van der Waals surface area (Å²) in [6.45, 7) is 2.09. The molecule has 1 aromatic heterocycles. The van der Waals surface area contributed by atoms with E-state index in [1.165, 1.54) is 38.2 Å². The van der Waals surface area contributed by atoms with Crippen LogP contribution in [0.5, 0.6) is 0 Å². The molecule has 1 saturated carbocycles. The van der Waals surface area contributed by atoms with Gasteiger partial charge in [0, 0.05) is 12.6 Å². The number of nitrogens with zero attached hydrogens (tertiary/aromatic N) is 3. The molecule has 0 radical (unpaired) electrons. The van der Waals surface area contributed by atoms with E-state index < -0.39 is 0 Å². The fraction of sp³-hybridized carbons (Fsp3) is 0.556. The van der Waals surface area contributed by atoms with Crippen LogP contribution in [-0.2, 0) is 0 Å². The molecular formula is C18H22FN3O. The lowest BCUT2D eigenvalue weighted by molar-refractivity contribution is 0.187. The first kappa shape index (κ1) is 14.8. The third-order valence-corrected chi connectivity index (χ3v) is 5.20. The summed E-state index contributed by atoms with van der Waals surface area (Å²) >= 11 is 0. The van der Waals surface area contributed by atoms with Crippen molar-refractivity contribution in [2.24, 2.45) is 0 Å². The molecule has 4 nitrogen and oxygen atoms in total. The molecule has 2 aromatic rings. The molecule has 1 saturated heterocycles. The number of hydrogen-bond donors (Lipinski definition) is 0. The fourth-order valence-electron chi connectivity index (χ4n) is 3.91. The number of rotatable bonds is 3. The summed E-state index contributed by atoms with van der Waals surface area (Å²) in [4.78, 5) is 2.58. The van der Waals surface area contributed by atoms with Crippen molar-refractivity contribution in [3.8, 4) is 11.5 Å². The van der Waals surface area contributed by atoms with Crippen molar-refractivity contribution in [3.05, 3.63) is 36.0 Å². The first-order valence-corrected chi connectivity index (χ1v) is 8.63. The van der Waals surface area contributed by atoms with Crippen molar-refractivity contribution in [2.75, 3.05) is 13.1 Å². The summed E-state index contributed by atoms with van der Waals surface area (Å²) < 4.78 is 19.6. The Balaban J connectivity index is 1.46. The molecule has 5 heteroatoms. The Labute approximate surface area is 135 Å². The van der Waals surface area contributed by atoms with Crippen molar-refractivity contribution in [3.63, 3.8) is 0 Å². The summed E-state index contributed by atoms with van der Waals surface area (Å²) in [5, 5.41) is 8.24. The minimum absolute atomic E-state index is 0.282. The second-order valence-electron chi connectivity index (χ2n) is 6.70. The van der Waals surface area contributed by atoms with E-state index in [2.05, 4.69) is 15.1 Å². The Morgan fingerprint density at radius 1 is 1.04 bits per heavy atom. The average Bonchev–Trinajstić information content (AvgIpc) is 3.25.